The smallest absolute Gasteiger partial charge is 0.325 e. The summed E-state index contributed by atoms with van der Waals surface area (Å²) in [5.74, 6) is -0.129. The van der Waals surface area contributed by atoms with Crippen molar-refractivity contribution in [3.63, 3.8) is 0 Å². The molecule has 1 aliphatic heterocycles. The van der Waals surface area contributed by atoms with E-state index < -0.39 is 11.7 Å². The number of amides is 1. The van der Waals surface area contributed by atoms with Gasteiger partial charge >= 0.3 is 6.18 Å². The average molecular weight is 371 g/mol. The minimum absolute atomic E-state index is 0.0270. The Morgan fingerprint density at radius 3 is 2.74 bits per heavy atom. The molecule has 1 amide bonds. The van der Waals surface area contributed by atoms with Crippen LogP contribution in [0.25, 0.3) is 11.3 Å². The summed E-state index contributed by atoms with van der Waals surface area (Å²) in [6.45, 7) is 0. The van der Waals surface area contributed by atoms with E-state index in [1.54, 1.807) is 18.2 Å². The van der Waals surface area contributed by atoms with Gasteiger partial charge in [-0.1, -0.05) is 18.2 Å². The van der Waals surface area contributed by atoms with Crippen LogP contribution in [0.15, 0.2) is 48.8 Å². The monoisotopic (exact) mass is 371 g/mol. The third-order valence-corrected chi connectivity index (χ3v) is 4.00. The predicted molar refractivity (Wildman–Crippen MR) is 92.3 cm³/mol. The van der Waals surface area contributed by atoms with Gasteiger partial charge in [-0.05, 0) is 18.2 Å². The van der Waals surface area contributed by atoms with Gasteiger partial charge in [-0.3, -0.25) is 4.79 Å². The number of nitrogens with one attached hydrogen (secondary N) is 2. The Morgan fingerprint density at radius 2 is 1.93 bits per heavy atom. The number of para-hydroxylation sites is 1. The number of anilines is 3. The van der Waals surface area contributed by atoms with Crippen LogP contribution in [0.2, 0.25) is 0 Å². The van der Waals surface area contributed by atoms with E-state index in [4.69, 9.17) is 0 Å². The van der Waals surface area contributed by atoms with Crippen molar-refractivity contribution >= 4 is 23.4 Å². The Kier molecular flexibility index (Phi) is 3.98. The molecule has 136 valence electrons. The predicted octanol–water partition coefficient (Wildman–Crippen LogP) is 3.80. The molecule has 0 unspecified atom stereocenters. The minimum Gasteiger partial charge on any atom is -0.325 e. The van der Waals surface area contributed by atoms with Gasteiger partial charge in [-0.25, -0.2) is 15.0 Å². The van der Waals surface area contributed by atoms with E-state index in [1.807, 2.05) is 6.07 Å². The fraction of sp³-hybridized carbons (Fsp3) is 0.111. The molecule has 3 heterocycles. The third kappa shape index (κ3) is 3.43. The van der Waals surface area contributed by atoms with Crippen LogP contribution in [0.5, 0.6) is 0 Å². The van der Waals surface area contributed by atoms with Gasteiger partial charge in [0, 0.05) is 23.5 Å². The second-order valence-corrected chi connectivity index (χ2v) is 5.89. The first-order chi connectivity index (χ1) is 12.9. The third-order valence-electron chi connectivity index (χ3n) is 4.00. The van der Waals surface area contributed by atoms with E-state index in [0.717, 1.165) is 18.3 Å². The Bertz CT molecular complexity index is 1040. The molecule has 27 heavy (non-hydrogen) atoms. The number of nitrogens with zero attached hydrogens (tertiary/aromatic N) is 3. The van der Waals surface area contributed by atoms with Crippen molar-refractivity contribution in [3.05, 3.63) is 59.9 Å². The zero-order valence-electron chi connectivity index (χ0n) is 13.7. The van der Waals surface area contributed by atoms with Crippen molar-refractivity contribution < 1.29 is 18.0 Å². The molecule has 3 aromatic rings. The van der Waals surface area contributed by atoms with E-state index in [9.17, 15) is 18.0 Å². The second kappa shape index (κ2) is 6.35. The molecule has 1 aromatic carbocycles. The Hall–Kier alpha value is -3.49. The highest BCUT2D eigenvalue weighted by atomic mass is 19.4. The summed E-state index contributed by atoms with van der Waals surface area (Å²) < 4.78 is 38.6. The van der Waals surface area contributed by atoms with E-state index in [-0.39, 0.29) is 24.1 Å². The summed E-state index contributed by atoms with van der Waals surface area (Å²) in [5, 5.41) is 5.49. The standard InChI is InChI=1S/C18H12F3N5O/c19-18(20,21)11-5-6-22-14(8-11)25-17-23-9-10-7-15(27)24-13-4-2-1-3-12(13)16(10)26-17/h1-6,8-9H,7H2,(H,24,27)(H,22,23,25,26). The maximum Gasteiger partial charge on any atom is 0.416 e. The van der Waals surface area contributed by atoms with E-state index in [1.165, 1.54) is 6.20 Å². The largest absolute Gasteiger partial charge is 0.416 e. The molecule has 0 saturated heterocycles. The SMILES string of the molecule is O=C1Cc2cnc(Nc3cc(C(F)(F)F)ccn3)nc2-c2ccccc2N1. The molecule has 1 aliphatic rings. The highest BCUT2D eigenvalue weighted by Gasteiger charge is 2.30. The Morgan fingerprint density at radius 1 is 1.11 bits per heavy atom. The molecular formula is C18H12F3N5O. The molecular weight excluding hydrogens is 359 g/mol. The molecule has 0 fully saturated rings. The molecule has 4 rings (SSSR count). The summed E-state index contributed by atoms with van der Waals surface area (Å²) in [6, 6.07) is 8.93. The van der Waals surface area contributed by atoms with Crippen LogP contribution >= 0.6 is 0 Å². The molecule has 0 spiro atoms. The van der Waals surface area contributed by atoms with Crippen molar-refractivity contribution in [2.75, 3.05) is 10.6 Å². The van der Waals surface area contributed by atoms with Gasteiger partial charge in [0.1, 0.15) is 5.82 Å². The normalized spacial score (nSPS) is 13.2. The van der Waals surface area contributed by atoms with Gasteiger partial charge in [-0.15, -0.1) is 0 Å². The Labute approximate surface area is 151 Å². The first kappa shape index (κ1) is 17.0. The van der Waals surface area contributed by atoms with Crippen molar-refractivity contribution in [1.29, 1.82) is 0 Å². The lowest BCUT2D eigenvalue weighted by atomic mass is 10.1. The number of pyridine rings is 1. The van der Waals surface area contributed by atoms with Crippen molar-refractivity contribution in [3.8, 4) is 11.3 Å². The van der Waals surface area contributed by atoms with E-state index >= 15 is 0 Å². The summed E-state index contributed by atoms with van der Waals surface area (Å²) in [6.07, 6.45) is -1.82. The maximum atomic E-state index is 12.9. The van der Waals surface area contributed by atoms with Crippen LogP contribution in [-0.2, 0) is 17.4 Å². The molecule has 9 heteroatoms. The fourth-order valence-corrected chi connectivity index (χ4v) is 2.79. The summed E-state index contributed by atoms with van der Waals surface area (Å²) in [4.78, 5) is 24.4. The summed E-state index contributed by atoms with van der Waals surface area (Å²) in [7, 11) is 0. The van der Waals surface area contributed by atoms with Crippen LogP contribution in [0.3, 0.4) is 0 Å². The number of alkyl halides is 3. The number of aromatic nitrogens is 3. The van der Waals surface area contributed by atoms with Crippen LogP contribution in [0.4, 0.5) is 30.6 Å². The maximum absolute atomic E-state index is 12.9. The van der Waals surface area contributed by atoms with Crippen molar-refractivity contribution in [2.45, 2.75) is 12.6 Å². The highest BCUT2D eigenvalue weighted by molar-refractivity contribution is 5.99. The molecule has 0 radical (unpaired) electrons. The van der Waals surface area contributed by atoms with E-state index in [0.29, 0.717) is 22.5 Å². The first-order valence-corrected chi connectivity index (χ1v) is 7.95. The lowest BCUT2D eigenvalue weighted by Crippen LogP contribution is -2.12. The number of hydrogen-bond acceptors (Lipinski definition) is 5. The molecule has 0 bridgehead atoms. The molecule has 0 aliphatic carbocycles. The van der Waals surface area contributed by atoms with Crippen LogP contribution in [0.1, 0.15) is 11.1 Å². The number of fused-ring (bicyclic) bond motifs is 3. The topological polar surface area (TPSA) is 79.8 Å². The van der Waals surface area contributed by atoms with Gasteiger partial charge < -0.3 is 10.6 Å². The van der Waals surface area contributed by atoms with Gasteiger partial charge in [0.25, 0.3) is 0 Å². The number of halogens is 3. The van der Waals surface area contributed by atoms with Gasteiger partial charge in [0.05, 0.1) is 23.4 Å². The zero-order chi connectivity index (χ0) is 19.0. The van der Waals surface area contributed by atoms with Gasteiger partial charge in [0.15, 0.2) is 0 Å². The zero-order valence-corrected chi connectivity index (χ0v) is 13.7. The molecule has 0 atom stereocenters. The number of benzene rings is 1. The molecule has 0 saturated carbocycles. The van der Waals surface area contributed by atoms with Crippen molar-refractivity contribution in [1.82, 2.24) is 15.0 Å². The average Bonchev–Trinajstić information content (AvgIpc) is 2.76. The molecule has 2 aromatic heterocycles. The van der Waals surface area contributed by atoms with Crippen LogP contribution < -0.4 is 10.6 Å². The summed E-state index contributed by atoms with van der Waals surface area (Å²) in [5.41, 5.74) is 1.66. The minimum atomic E-state index is -4.47. The number of carbonyl (C=O) groups excluding carboxylic acids is 1. The second-order valence-electron chi connectivity index (χ2n) is 5.89. The lowest BCUT2D eigenvalue weighted by molar-refractivity contribution is -0.137. The van der Waals surface area contributed by atoms with Gasteiger partial charge in [0.2, 0.25) is 11.9 Å². The number of rotatable bonds is 2. The summed E-state index contributed by atoms with van der Waals surface area (Å²) >= 11 is 0. The molecule has 2 N–H and O–H groups in total. The molecule has 6 nitrogen and oxygen atoms in total. The van der Waals surface area contributed by atoms with Crippen molar-refractivity contribution in [2.24, 2.45) is 0 Å². The Balaban J connectivity index is 1.72. The highest BCUT2D eigenvalue weighted by Crippen LogP contribution is 2.33. The number of hydrogen-bond donors (Lipinski definition) is 2. The number of carbonyl (C=O) groups is 1. The van der Waals surface area contributed by atoms with Crippen LogP contribution in [0, 0.1) is 0 Å². The van der Waals surface area contributed by atoms with Crippen LogP contribution in [-0.4, -0.2) is 20.9 Å². The van der Waals surface area contributed by atoms with E-state index in [2.05, 4.69) is 25.6 Å². The lowest BCUT2D eigenvalue weighted by Gasteiger charge is -2.11. The fourth-order valence-electron chi connectivity index (χ4n) is 2.79. The quantitative estimate of drug-likeness (QED) is 0.716. The first-order valence-electron chi connectivity index (χ1n) is 7.95. The van der Waals surface area contributed by atoms with Gasteiger partial charge in [-0.2, -0.15) is 13.2 Å².